The quantitative estimate of drug-likeness (QED) is 0.918. The lowest BCUT2D eigenvalue weighted by Crippen LogP contribution is -2.58. The Labute approximate surface area is 122 Å². The highest BCUT2D eigenvalue weighted by Gasteiger charge is 2.32. The molecule has 0 radical (unpaired) electrons. The van der Waals surface area contributed by atoms with Crippen molar-refractivity contribution in [2.75, 3.05) is 13.1 Å². The number of rotatable bonds is 3. The average molecular weight is 297 g/mol. The van der Waals surface area contributed by atoms with Crippen molar-refractivity contribution in [3.8, 4) is 5.75 Å². The van der Waals surface area contributed by atoms with Gasteiger partial charge < -0.3 is 15.0 Å². The van der Waals surface area contributed by atoms with Crippen molar-refractivity contribution in [2.24, 2.45) is 0 Å². The van der Waals surface area contributed by atoms with Crippen LogP contribution in [0.1, 0.15) is 13.8 Å². The Morgan fingerprint density at radius 2 is 2.30 bits per heavy atom. The summed E-state index contributed by atoms with van der Waals surface area (Å²) in [4.78, 5) is 25.4. The van der Waals surface area contributed by atoms with Crippen LogP contribution >= 0.6 is 11.6 Å². The van der Waals surface area contributed by atoms with Gasteiger partial charge in [-0.05, 0) is 32.0 Å². The molecule has 1 aliphatic heterocycles. The molecule has 2 rings (SSSR count). The smallest absolute Gasteiger partial charge is 0.264 e. The Bertz CT molecular complexity index is 521. The third-order valence-electron chi connectivity index (χ3n) is 3.24. The Morgan fingerprint density at radius 1 is 1.55 bits per heavy atom. The van der Waals surface area contributed by atoms with Crippen molar-refractivity contribution in [3.05, 3.63) is 29.3 Å². The van der Waals surface area contributed by atoms with Gasteiger partial charge in [-0.1, -0.05) is 17.7 Å². The van der Waals surface area contributed by atoms with Gasteiger partial charge in [-0.15, -0.1) is 0 Å². The van der Waals surface area contributed by atoms with E-state index >= 15 is 0 Å². The number of hydrogen-bond donors (Lipinski definition) is 1. The first kappa shape index (κ1) is 14.7. The van der Waals surface area contributed by atoms with Gasteiger partial charge in [-0.2, -0.15) is 0 Å². The van der Waals surface area contributed by atoms with Crippen molar-refractivity contribution in [2.45, 2.75) is 26.0 Å². The maximum absolute atomic E-state index is 12.3. The molecule has 0 bridgehead atoms. The number of hydrogen-bond acceptors (Lipinski definition) is 3. The predicted octanol–water partition coefficient (Wildman–Crippen LogP) is 1.45. The van der Waals surface area contributed by atoms with Crippen LogP contribution in [0.3, 0.4) is 0 Å². The summed E-state index contributed by atoms with van der Waals surface area (Å²) in [6, 6.07) is 6.41. The number of amides is 2. The second-order valence-electron chi connectivity index (χ2n) is 4.72. The molecule has 1 aromatic rings. The van der Waals surface area contributed by atoms with E-state index in [2.05, 4.69) is 5.32 Å². The monoisotopic (exact) mass is 296 g/mol. The zero-order valence-corrected chi connectivity index (χ0v) is 12.2. The normalized spacial score (nSPS) is 20.2. The predicted molar refractivity (Wildman–Crippen MR) is 75.7 cm³/mol. The summed E-state index contributed by atoms with van der Waals surface area (Å²) in [5.41, 5.74) is 0. The van der Waals surface area contributed by atoms with Crippen molar-refractivity contribution >= 4 is 23.4 Å². The Morgan fingerprint density at radius 3 is 3.00 bits per heavy atom. The Kier molecular flexibility index (Phi) is 4.49. The number of benzene rings is 1. The molecule has 108 valence electrons. The molecule has 2 unspecified atom stereocenters. The van der Waals surface area contributed by atoms with E-state index in [0.29, 0.717) is 23.9 Å². The van der Waals surface area contributed by atoms with Crippen molar-refractivity contribution < 1.29 is 14.3 Å². The van der Waals surface area contributed by atoms with Crippen LogP contribution in [0.2, 0.25) is 5.02 Å². The van der Waals surface area contributed by atoms with Crippen LogP contribution in [0.25, 0.3) is 0 Å². The minimum Gasteiger partial charge on any atom is -0.481 e. The SMILES string of the molecule is CC(Oc1cccc(Cl)c1)C(=O)N1CCNC(=O)C1C. The van der Waals surface area contributed by atoms with Gasteiger partial charge in [0.15, 0.2) is 6.10 Å². The van der Waals surface area contributed by atoms with Gasteiger partial charge in [0.05, 0.1) is 0 Å². The summed E-state index contributed by atoms with van der Waals surface area (Å²) in [5.74, 6) is 0.194. The fourth-order valence-corrected chi connectivity index (χ4v) is 2.29. The number of halogens is 1. The van der Waals surface area contributed by atoms with Gasteiger partial charge in [-0.3, -0.25) is 9.59 Å². The second-order valence-corrected chi connectivity index (χ2v) is 5.15. The average Bonchev–Trinajstić information content (AvgIpc) is 2.41. The maximum Gasteiger partial charge on any atom is 0.264 e. The molecule has 1 saturated heterocycles. The summed E-state index contributed by atoms with van der Waals surface area (Å²) < 4.78 is 5.59. The molecule has 1 heterocycles. The molecule has 6 heteroatoms. The number of nitrogens with zero attached hydrogens (tertiary/aromatic N) is 1. The number of piperazine rings is 1. The van der Waals surface area contributed by atoms with Gasteiger partial charge in [0, 0.05) is 18.1 Å². The highest BCUT2D eigenvalue weighted by Crippen LogP contribution is 2.19. The molecule has 20 heavy (non-hydrogen) atoms. The van der Waals surface area contributed by atoms with Crippen molar-refractivity contribution in [1.29, 1.82) is 0 Å². The Balaban J connectivity index is 2.03. The Hall–Kier alpha value is -1.75. The first-order chi connectivity index (χ1) is 9.49. The first-order valence-electron chi connectivity index (χ1n) is 6.49. The standard InChI is InChI=1S/C14H17ClN2O3/c1-9-13(18)16-6-7-17(9)14(19)10(2)20-12-5-3-4-11(15)8-12/h3-5,8-10H,6-7H2,1-2H3,(H,16,18). The molecular formula is C14H17ClN2O3. The van der Waals surface area contributed by atoms with E-state index in [1.54, 1.807) is 38.1 Å². The van der Waals surface area contributed by atoms with E-state index in [1.807, 2.05) is 0 Å². The zero-order valence-electron chi connectivity index (χ0n) is 11.4. The van der Waals surface area contributed by atoms with Crippen LogP contribution in [-0.2, 0) is 9.59 Å². The lowest BCUT2D eigenvalue weighted by molar-refractivity contribution is -0.147. The number of ether oxygens (including phenoxy) is 1. The summed E-state index contributed by atoms with van der Waals surface area (Å²) >= 11 is 5.87. The fraction of sp³-hybridized carbons (Fsp3) is 0.429. The summed E-state index contributed by atoms with van der Waals surface area (Å²) in [6.45, 7) is 4.34. The van der Waals surface area contributed by atoms with E-state index < -0.39 is 12.1 Å². The highest BCUT2D eigenvalue weighted by molar-refractivity contribution is 6.30. The van der Waals surface area contributed by atoms with Crippen LogP contribution in [0.15, 0.2) is 24.3 Å². The fourth-order valence-electron chi connectivity index (χ4n) is 2.11. The van der Waals surface area contributed by atoms with Gasteiger partial charge in [0.1, 0.15) is 11.8 Å². The lowest BCUT2D eigenvalue weighted by Gasteiger charge is -2.34. The van der Waals surface area contributed by atoms with E-state index in [-0.39, 0.29) is 11.8 Å². The van der Waals surface area contributed by atoms with Crippen LogP contribution in [0.4, 0.5) is 0 Å². The molecule has 5 nitrogen and oxygen atoms in total. The molecule has 1 aliphatic rings. The van der Waals surface area contributed by atoms with Crippen LogP contribution in [0, 0.1) is 0 Å². The van der Waals surface area contributed by atoms with Crippen molar-refractivity contribution in [3.63, 3.8) is 0 Å². The first-order valence-corrected chi connectivity index (χ1v) is 6.87. The van der Waals surface area contributed by atoms with Crippen molar-refractivity contribution in [1.82, 2.24) is 10.2 Å². The third kappa shape index (κ3) is 3.22. The molecule has 1 aromatic carbocycles. The van der Waals surface area contributed by atoms with E-state index in [0.717, 1.165) is 0 Å². The molecular weight excluding hydrogens is 280 g/mol. The van der Waals surface area contributed by atoms with E-state index in [1.165, 1.54) is 4.90 Å². The minimum atomic E-state index is -0.665. The maximum atomic E-state index is 12.3. The number of carbonyl (C=O) groups excluding carboxylic acids is 2. The van der Waals surface area contributed by atoms with Crippen LogP contribution < -0.4 is 10.1 Å². The molecule has 2 atom stereocenters. The molecule has 0 saturated carbocycles. The minimum absolute atomic E-state index is 0.139. The topological polar surface area (TPSA) is 58.6 Å². The largest absolute Gasteiger partial charge is 0.481 e. The van der Waals surface area contributed by atoms with Crippen LogP contribution in [0.5, 0.6) is 5.75 Å². The van der Waals surface area contributed by atoms with E-state index in [9.17, 15) is 9.59 Å². The van der Waals surface area contributed by atoms with E-state index in [4.69, 9.17) is 16.3 Å². The third-order valence-corrected chi connectivity index (χ3v) is 3.47. The molecule has 1 fully saturated rings. The zero-order chi connectivity index (χ0) is 14.7. The molecule has 1 N–H and O–H groups in total. The van der Waals surface area contributed by atoms with Gasteiger partial charge in [-0.25, -0.2) is 0 Å². The molecule has 0 spiro atoms. The number of carbonyl (C=O) groups is 2. The molecule has 2 amide bonds. The number of nitrogens with one attached hydrogen (secondary N) is 1. The summed E-state index contributed by atoms with van der Waals surface area (Å²) in [5, 5.41) is 3.27. The summed E-state index contributed by atoms with van der Waals surface area (Å²) in [6.07, 6.45) is -0.665. The molecule has 0 aliphatic carbocycles. The van der Waals surface area contributed by atoms with Gasteiger partial charge >= 0.3 is 0 Å². The second kappa shape index (κ2) is 6.13. The van der Waals surface area contributed by atoms with Gasteiger partial charge in [0.25, 0.3) is 5.91 Å². The van der Waals surface area contributed by atoms with Crippen LogP contribution in [-0.4, -0.2) is 41.9 Å². The molecule has 0 aromatic heterocycles. The highest BCUT2D eigenvalue weighted by atomic mass is 35.5. The summed E-state index contributed by atoms with van der Waals surface area (Å²) in [7, 11) is 0. The lowest BCUT2D eigenvalue weighted by atomic mass is 10.2. The van der Waals surface area contributed by atoms with Gasteiger partial charge in [0.2, 0.25) is 5.91 Å².